The van der Waals surface area contributed by atoms with Crippen molar-refractivity contribution in [3.63, 3.8) is 0 Å². The van der Waals surface area contributed by atoms with Crippen LogP contribution >= 0.6 is 11.3 Å². The van der Waals surface area contributed by atoms with E-state index < -0.39 is 0 Å². The van der Waals surface area contributed by atoms with E-state index in [4.69, 9.17) is 9.72 Å². The Morgan fingerprint density at radius 3 is 2.76 bits per heavy atom. The first-order valence-electron chi connectivity index (χ1n) is 9.59. The van der Waals surface area contributed by atoms with E-state index in [1.54, 1.807) is 18.4 Å². The third-order valence-corrected chi connectivity index (χ3v) is 5.82. The van der Waals surface area contributed by atoms with E-state index in [0.717, 1.165) is 33.2 Å². The number of hydrogen-bond donors (Lipinski definition) is 0. The lowest BCUT2D eigenvalue weighted by molar-refractivity contribution is -0.130. The van der Waals surface area contributed by atoms with Crippen LogP contribution in [0.3, 0.4) is 0 Å². The molecule has 148 valence electrons. The molecule has 0 N–H and O–H groups in total. The minimum Gasteiger partial charge on any atom is -0.497 e. The number of nitrogens with zero attached hydrogens (tertiary/aromatic N) is 3. The second-order valence-electron chi connectivity index (χ2n) is 6.81. The van der Waals surface area contributed by atoms with Gasteiger partial charge in [0.25, 0.3) is 0 Å². The number of amides is 1. The van der Waals surface area contributed by atoms with Crippen LogP contribution in [0.4, 0.5) is 0 Å². The highest BCUT2D eigenvalue weighted by Gasteiger charge is 2.17. The summed E-state index contributed by atoms with van der Waals surface area (Å²) in [5, 5.41) is 2.02. The number of imidazole rings is 1. The molecule has 0 bridgehead atoms. The number of benzene rings is 2. The molecular weight excluding hydrogens is 382 g/mol. The zero-order valence-electron chi connectivity index (χ0n) is 16.5. The Labute approximate surface area is 174 Å². The molecule has 0 radical (unpaired) electrons. The molecule has 1 amide bonds. The molecule has 6 heteroatoms. The number of carbonyl (C=O) groups is 1. The molecule has 0 fully saturated rings. The zero-order valence-corrected chi connectivity index (χ0v) is 17.4. The van der Waals surface area contributed by atoms with Gasteiger partial charge in [-0.25, -0.2) is 4.98 Å². The Kier molecular flexibility index (Phi) is 5.62. The van der Waals surface area contributed by atoms with Gasteiger partial charge in [-0.3, -0.25) is 9.20 Å². The van der Waals surface area contributed by atoms with Crippen LogP contribution in [0.25, 0.3) is 16.2 Å². The second-order valence-corrected chi connectivity index (χ2v) is 7.64. The van der Waals surface area contributed by atoms with Crippen molar-refractivity contribution in [1.82, 2.24) is 14.3 Å². The lowest BCUT2D eigenvalue weighted by atomic mass is 10.1. The van der Waals surface area contributed by atoms with Gasteiger partial charge in [-0.2, -0.15) is 0 Å². The fourth-order valence-corrected chi connectivity index (χ4v) is 4.20. The SMILES string of the molecule is CCN(Cc1ccccc1)C(=O)Cc1csc2nc(-c3cccc(OC)c3)cn12. The standard InChI is InChI=1S/C23H23N3O2S/c1-3-25(14-17-8-5-4-6-9-17)22(27)13-19-16-29-23-24-21(15-26(19)23)18-10-7-11-20(12-18)28-2/h4-12,15-16H,3,13-14H2,1-2H3. The first-order chi connectivity index (χ1) is 14.2. The lowest BCUT2D eigenvalue weighted by Gasteiger charge is -2.21. The molecule has 0 spiro atoms. The number of thiazole rings is 1. The molecule has 5 nitrogen and oxygen atoms in total. The summed E-state index contributed by atoms with van der Waals surface area (Å²) in [6.45, 7) is 3.32. The molecule has 0 aliphatic heterocycles. The fourth-order valence-electron chi connectivity index (χ4n) is 3.32. The number of carbonyl (C=O) groups excluding carboxylic acids is 1. The summed E-state index contributed by atoms with van der Waals surface area (Å²) < 4.78 is 7.34. The largest absolute Gasteiger partial charge is 0.497 e. The molecule has 0 unspecified atom stereocenters. The molecular formula is C23H23N3O2S. The van der Waals surface area contributed by atoms with Crippen LogP contribution in [0.1, 0.15) is 18.2 Å². The Bertz CT molecular complexity index is 1120. The quantitative estimate of drug-likeness (QED) is 0.449. The van der Waals surface area contributed by atoms with Crippen LogP contribution in [0.5, 0.6) is 5.75 Å². The van der Waals surface area contributed by atoms with Gasteiger partial charge in [0.2, 0.25) is 5.91 Å². The van der Waals surface area contributed by atoms with E-state index in [2.05, 4.69) is 12.1 Å². The maximum absolute atomic E-state index is 12.9. The molecule has 0 saturated carbocycles. The van der Waals surface area contributed by atoms with Gasteiger partial charge in [-0.15, -0.1) is 11.3 Å². The number of rotatable bonds is 7. The molecule has 2 heterocycles. The predicted molar refractivity (Wildman–Crippen MR) is 116 cm³/mol. The molecule has 2 aromatic heterocycles. The summed E-state index contributed by atoms with van der Waals surface area (Å²) in [4.78, 5) is 20.4. The number of hydrogen-bond acceptors (Lipinski definition) is 4. The van der Waals surface area contributed by atoms with Crippen molar-refractivity contribution in [2.75, 3.05) is 13.7 Å². The van der Waals surface area contributed by atoms with Crippen LogP contribution in [0, 0.1) is 0 Å². The molecule has 2 aromatic carbocycles. The highest BCUT2D eigenvalue weighted by atomic mass is 32.1. The van der Waals surface area contributed by atoms with E-state index in [-0.39, 0.29) is 5.91 Å². The van der Waals surface area contributed by atoms with Gasteiger partial charge < -0.3 is 9.64 Å². The fraction of sp³-hybridized carbons (Fsp3) is 0.217. The van der Waals surface area contributed by atoms with Gasteiger partial charge in [0.05, 0.1) is 19.2 Å². The van der Waals surface area contributed by atoms with E-state index in [1.165, 1.54) is 0 Å². The Morgan fingerprint density at radius 1 is 1.17 bits per heavy atom. The Morgan fingerprint density at radius 2 is 2.00 bits per heavy atom. The van der Waals surface area contributed by atoms with Crippen molar-refractivity contribution < 1.29 is 9.53 Å². The lowest BCUT2D eigenvalue weighted by Crippen LogP contribution is -2.31. The predicted octanol–water partition coefficient (Wildman–Crippen LogP) is 4.66. The summed E-state index contributed by atoms with van der Waals surface area (Å²) in [5.74, 6) is 0.918. The van der Waals surface area contributed by atoms with Crippen molar-refractivity contribution >= 4 is 22.2 Å². The molecule has 4 rings (SSSR count). The van der Waals surface area contributed by atoms with Gasteiger partial charge in [-0.1, -0.05) is 42.5 Å². The van der Waals surface area contributed by atoms with Crippen molar-refractivity contribution in [1.29, 1.82) is 0 Å². The second kappa shape index (κ2) is 8.49. The first-order valence-corrected chi connectivity index (χ1v) is 10.5. The Hall–Kier alpha value is -3.12. The van der Waals surface area contributed by atoms with Crippen molar-refractivity contribution in [3.05, 3.63) is 77.4 Å². The van der Waals surface area contributed by atoms with Gasteiger partial charge in [-0.05, 0) is 24.6 Å². The van der Waals surface area contributed by atoms with Crippen molar-refractivity contribution in [2.24, 2.45) is 0 Å². The number of fused-ring (bicyclic) bond motifs is 1. The summed E-state index contributed by atoms with van der Waals surface area (Å²) >= 11 is 1.55. The number of aromatic nitrogens is 2. The normalized spacial score (nSPS) is 11.0. The minimum absolute atomic E-state index is 0.118. The highest BCUT2D eigenvalue weighted by Crippen LogP contribution is 2.26. The maximum Gasteiger partial charge on any atom is 0.228 e. The molecule has 0 saturated heterocycles. The van der Waals surface area contributed by atoms with Crippen LogP contribution < -0.4 is 4.74 Å². The molecule has 0 aliphatic carbocycles. The van der Waals surface area contributed by atoms with Gasteiger partial charge in [0.15, 0.2) is 4.96 Å². The molecule has 0 atom stereocenters. The minimum atomic E-state index is 0.118. The smallest absolute Gasteiger partial charge is 0.228 e. The third-order valence-electron chi connectivity index (χ3n) is 4.93. The summed E-state index contributed by atoms with van der Waals surface area (Å²) in [7, 11) is 1.66. The summed E-state index contributed by atoms with van der Waals surface area (Å²) in [5.41, 5.74) is 3.97. The van der Waals surface area contributed by atoms with E-state index in [0.29, 0.717) is 19.5 Å². The first kappa shape index (κ1) is 19.2. The van der Waals surface area contributed by atoms with Gasteiger partial charge in [0.1, 0.15) is 5.75 Å². The van der Waals surface area contributed by atoms with Crippen molar-refractivity contribution in [2.45, 2.75) is 19.9 Å². The average molecular weight is 406 g/mol. The monoisotopic (exact) mass is 405 g/mol. The number of likely N-dealkylation sites (N-methyl/N-ethyl adjacent to an activating group) is 1. The van der Waals surface area contributed by atoms with Gasteiger partial charge >= 0.3 is 0 Å². The summed E-state index contributed by atoms with van der Waals surface area (Å²) in [6.07, 6.45) is 2.35. The maximum atomic E-state index is 12.9. The number of ether oxygens (including phenoxy) is 1. The summed E-state index contributed by atoms with van der Waals surface area (Å²) in [6, 6.07) is 17.9. The van der Waals surface area contributed by atoms with Crippen LogP contribution in [0.2, 0.25) is 0 Å². The highest BCUT2D eigenvalue weighted by molar-refractivity contribution is 7.15. The number of methoxy groups -OCH3 is 1. The zero-order chi connectivity index (χ0) is 20.2. The van der Waals surface area contributed by atoms with Gasteiger partial charge in [0, 0.05) is 35.9 Å². The van der Waals surface area contributed by atoms with Crippen LogP contribution in [-0.4, -0.2) is 33.8 Å². The third kappa shape index (κ3) is 4.17. The Balaban J connectivity index is 1.54. The van der Waals surface area contributed by atoms with Crippen LogP contribution in [-0.2, 0) is 17.8 Å². The van der Waals surface area contributed by atoms with E-state index >= 15 is 0 Å². The molecule has 0 aliphatic rings. The topological polar surface area (TPSA) is 46.8 Å². The molecule has 29 heavy (non-hydrogen) atoms. The molecule has 4 aromatic rings. The van der Waals surface area contributed by atoms with Crippen LogP contribution in [0.15, 0.2) is 66.2 Å². The average Bonchev–Trinajstić information content (AvgIpc) is 3.34. The van der Waals surface area contributed by atoms with Crippen molar-refractivity contribution in [3.8, 4) is 17.0 Å². The van der Waals surface area contributed by atoms with E-state index in [9.17, 15) is 4.79 Å². The van der Waals surface area contributed by atoms with E-state index in [1.807, 2.05) is 70.3 Å².